The van der Waals surface area contributed by atoms with Crippen molar-refractivity contribution in [1.82, 2.24) is 5.43 Å². The van der Waals surface area contributed by atoms with E-state index in [0.717, 1.165) is 14.7 Å². The van der Waals surface area contributed by atoms with Gasteiger partial charge in [0, 0.05) is 10.6 Å². The molecule has 0 spiro atoms. The fourth-order valence-corrected chi connectivity index (χ4v) is 3.61. The number of methoxy groups -OCH3 is 1. The molecular weight excluding hydrogens is 515 g/mol. The highest BCUT2D eigenvalue weighted by atomic mass is 127. The predicted molar refractivity (Wildman–Crippen MR) is 128 cm³/mol. The van der Waals surface area contributed by atoms with Gasteiger partial charge in [-0.15, -0.1) is 0 Å². The van der Waals surface area contributed by atoms with Gasteiger partial charge in [0.2, 0.25) is 0 Å². The highest BCUT2D eigenvalue weighted by Crippen LogP contribution is 2.34. The third-order valence-electron chi connectivity index (χ3n) is 4.37. The summed E-state index contributed by atoms with van der Waals surface area (Å²) >= 11 is 8.03. The number of nitrogens with zero attached hydrogens (tertiary/aromatic N) is 1. The van der Waals surface area contributed by atoms with E-state index in [0.29, 0.717) is 28.7 Å². The number of amides is 1. The van der Waals surface area contributed by atoms with Crippen molar-refractivity contribution in [2.45, 2.75) is 13.5 Å². The number of nitrogens with one attached hydrogen (secondary N) is 1. The third kappa shape index (κ3) is 5.73. The summed E-state index contributed by atoms with van der Waals surface area (Å²) in [5.74, 6) is 0.951. The number of benzene rings is 3. The number of hydrogen-bond donors (Lipinski definition) is 1. The molecule has 154 valence electrons. The molecule has 0 radical (unpaired) electrons. The predicted octanol–water partition coefficient (Wildman–Crippen LogP) is 5.60. The van der Waals surface area contributed by atoms with E-state index in [2.05, 4.69) is 46.1 Å². The number of aryl methyl sites for hydroxylation is 1. The summed E-state index contributed by atoms with van der Waals surface area (Å²) in [6.45, 7) is 2.50. The lowest BCUT2D eigenvalue weighted by Crippen LogP contribution is -2.17. The van der Waals surface area contributed by atoms with Gasteiger partial charge in [-0.3, -0.25) is 4.79 Å². The summed E-state index contributed by atoms with van der Waals surface area (Å²) in [7, 11) is 1.59. The largest absolute Gasteiger partial charge is 0.493 e. The van der Waals surface area contributed by atoms with Crippen molar-refractivity contribution in [3.8, 4) is 11.5 Å². The topological polar surface area (TPSA) is 59.9 Å². The molecule has 1 amide bonds. The minimum absolute atomic E-state index is 0.317. The molecule has 3 aromatic rings. The van der Waals surface area contributed by atoms with Crippen molar-refractivity contribution in [3.05, 3.63) is 91.5 Å². The molecule has 0 fully saturated rings. The summed E-state index contributed by atoms with van der Waals surface area (Å²) in [6, 6.07) is 18.4. The van der Waals surface area contributed by atoms with Crippen LogP contribution in [0.4, 0.5) is 0 Å². The summed E-state index contributed by atoms with van der Waals surface area (Å²) < 4.78 is 12.4. The molecule has 0 atom stereocenters. The van der Waals surface area contributed by atoms with E-state index >= 15 is 0 Å². The van der Waals surface area contributed by atoms with E-state index in [1.165, 1.54) is 5.56 Å². The molecule has 1 N–H and O–H groups in total. The highest BCUT2D eigenvalue weighted by molar-refractivity contribution is 14.1. The molecule has 0 aliphatic rings. The second-order valence-corrected chi connectivity index (χ2v) is 8.05. The van der Waals surface area contributed by atoms with Crippen molar-refractivity contribution in [2.75, 3.05) is 7.11 Å². The van der Waals surface area contributed by atoms with Gasteiger partial charge in [0.05, 0.1) is 16.9 Å². The molecule has 0 heterocycles. The van der Waals surface area contributed by atoms with Crippen LogP contribution >= 0.6 is 34.2 Å². The molecular formula is C23H20ClIN2O3. The molecule has 0 bridgehead atoms. The summed E-state index contributed by atoms with van der Waals surface area (Å²) in [6.07, 6.45) is 1.56. The van der Waals surface area contributed by atoms with Crippen LogP contribution < -0.4 is 14.9 Å². The number of carbonyl (C=O) groups is 1. The standard InChI is InChI=1S/C23H20ClIN2O3/c1-15-5-3-4-6-18(15)14-30-22-20(25)11-16(12-21(22)29-2)13-26-27-23(28)17-7-9-19(24)10-8-17/h3-13H,14H2,1-2H3,(H,27,28)/b26-13-. The minimum atomic E-state index is -0.317. The van der Waals surface area contributed by atoms with Crippen LogP contribution in [0.5, 0.6) is 11.5 Å². The van der Waals surface area contributed by atoms with Crippen LogP contribution in [0.2, 0.25) is 5.02 Å². The average molecular weight is 535 g/mol. The molecule has 0 saturated heterocycles. The van der Waals surface area contributed by atoms with Crippen LogP contribution in [0.1, 0.15) is 27.0 Å². The van der Waals surface area contributed by atoms with E-state index in [1.54, 1.807) is 37.6 Å². The highest BCUT2D eigenvalue weighted by Gasteiger charge is 2.12. The van der Waals surface area contributed by atoms with Crippen LogP contribution in [-0.2, 0) is 6.61 Å². The maximum absolute atomic E-state index is 12.1. The second kappa shape index (κ2) is 10.4. The summed E-state index contributed by atoms with van der Waals surface area (Å²) in [5.41, 5.74) is 6.04. The molecule has 3 aromatic carbocycles. The van der Waals surface area contributed by atoms with Gasteiger partial charge in [-0.05, 0) is 82.6 Å². The molecule has 5 nitrogen and oxygen atoms in total. The maximum atomic E-state index is 12.1. The van der Waals surface area contributed by atoms with Gasteiger partial charge in [0.25, 0.3) is 5.91 Å². The van der Waals surface area contributed by atoms with Crippen LogP contribution in [-0.4, -0.2) is 19.2 Å². The number of rotatable bonds is 7. The number of carbonyl (C=O) groups excluding carboxylic acids is 1. The van der Waals surface area contributed by atoms with Crippen molar-refractivity contribution in [3.63, 3.8) is 0 Å². The van der Waals surface area contributed by atoms with Crippen molar-refractivity contribution < 1.29 is 14.3 Å². The Morgan fingerprint density at radius 2 is 1.90 bits per heavy atom. The van der Waals surface area contributed by atoms with E-state index in [1.807, 2.05) is 30.3 Å². The monoisotopic (exact) mass is 534 g/mol. The molecule has 0 unspecified atom stereocenters. The van der Waals surface area contributed by atoms with Crippen molar-refractivity contribution in [2.24, 2.45) is 5.10 Å². The van der Waals surface area contributed by atoms with E-state index in [9.17, 15) is 4.79 Å². The first kappa shape index (κ1) is 22.1. The van der Waals surface area contributed by atoms with Crippen LogP contribution in [0.15, 0.2) is 65.8 Å². The number of ether oxygens (including phenoxy) is 2. The zero-order valence-corrected chi connectivity index (χ0v) is 19.4. The maximum Gasteiger partial charge on any atom is 0.271 e. The number of halogens is 2. The Bertz CT molecular complexity index is 1070. The van der Waals surface area contributed by atoms with Crippen molar-refractivity contribution >= 4 is 46.3 Å². The zero-order chi connectivity index (χ0) is 21.5. The smallest absolute Gasteiger partial charge is 0.271 e. The SMILES string of the molecule is COc1cc(/C=N\NC(=O)c2ccc(Cl)cc2)cc(I)c1OCc1ccccc1C. The lowest BCUT2D eigenvalue weighted by molar-refractivity contribution is 0.0955. The fourth-order valence-electron chi connectivity index (χ4n) is 2.71. The molecule has 7 heteroatoms. The van der Waals surface area contributed by atoms with Crippen LogP contribution in [0, 0.1) is 10.5 Å². The van der Waals surface area contributed by atoms with Crippen LogP contribution in [0.25, 0.3) is 0 Å². The molecule has 0 saturated carbocycles. The van der Waals surface area contributed by atoms with Gasteiger partial charge in [0.15, 0.2) is 11.5 Å². The van der Waals surface area contributed by atoms with Gasteiger partial charge in [-0.1, -0.05) is 35.9 Å². The molecule has 0 aliphatic carbocycles. The first-order chi connectivity index (χ1) is 14.5. The average Bonchev–Trinajstić information content (AvgIpc) is 2.74. The molecule has 30 heavy (non-hydrogen) atoms. The molecule has 0 aliphatic heterocycles. The zero-order valence-electron chi connectivity index (χ0n) is 16.5. The first-order valence-corrected chi connectivity index (χ1v) is 10.6. The Kier molecular flexibility index (Phi) is 7.70. The second-order valence-electron chi connectivity index (χ2n) is 6.46. The number of hydrogen-bond acceptors (Lipinski definition) is 4. The third-order valence-corrected chi connectivity index (χ3v) is 5.42. The lowest BCUT2D eigenvalue weighted by atomic mass is 10.1. The normalized spacial score (nSPS) is 10.8. The van der Waals surface area contributed by atoms with E-state index in [-0.39, 0.29) is 5.91 Å². The Morgan fingerprint density at radius 1 is 1.17 bits per heavy atom. The van der Waals surface area contributed by atoms with Gasteiger partial charge >= 0.3 is 0 Å². The summed E-state index contributed by atoms with van der Waals surface area (Å²) in [4.78, 5) is 12.1. The quantitative estimate of drug-likeness (QED) is 0.244. The first-order valence-electron chi connectivity index (χ1n) is 9.11. The van der Waals surface area contributed by atoms with Gasteiger partial charge in [-0.25, -0.2) is 5.43 Å². The van der Waals surface area contributed by atoms with Crippen molar-refractivity contribution in [1.29, 1.82) is 0 Å². The van der Waals surface area contributed by atoms with Crippen LogP contribution in [0.3, 0.4) is 0 Å². The molecule has 0 aromatic heterocycles. The Morgan fingerprint density at radius 3 is 2.60 bits per heavy atom. The summed E-state index contributed by atoms with van der Waals surface area (Å²) in [5, 5.41) is 4.61. The van der Waals surface area contributed by atoms with E-state index in [4.69, 9.17) is 21.1 Å². The molecule has 3 rings (SSSR count). The Hall–Kier alpha value is -2.58. The Balaban J connectivity index is 1.70. The fraction of sp³-hybridized carbons (Fsp3) is 0.130. The van der Waals surface area contributed by atoms with Gasteiger partial charge in [-0.2, -0.15) is 5.10 Å². The number of hydrazone groups is 1. The van der Waals surface area contributed by atoms with E-state index < -0.39 is 0 Å². The van der Waals surface area contributed by atoms with Gasteiger partial charge < -0.3 is 9.47 Å². The van der Waals surface area contributed by atoms with Gasteiger partial charge in [0.1, 0.15) is 6.61 Å². The lowest BCUT2D eigenvalue weighted by Gasteiger charge is -2.14. The minimum Gasteiger partial charge on any atom is -0.493 e. The Labute approximate surface area is 194 Å².